The van der Waals surface area contributed by atoms with Gasteiger partial charge in [-0.25, -0.2) is 0 Å². The second-order valence-corrected chi connectivity index (χ2v) is 4.12. The lowest BCUT2D eigenvalue weighted by Crippen LogP contribution is -2.05. The number of esters is 2. The number of unbranched alkanes of at least 4 members (excludes halogenated alkanes) is 2. The van der Waals surface area contributed by atoms with Crippen molar-refractivity contribution in [3.05, 3.63) is 42.3 Å². The van der Waals surface area contributed by atoms with E-state index in [1.165, 1.54) is 13.5 Å². The van der Waals surface area contributed by atoms with E-state index in [1.807, 2.05) is 30.3 Å². The third-order valence-electron chi connectivity index (χ3n) is 2.59. The highest BCUT2D eigenvalue weighted by molar-refractivity contribution is 5.78. The molecule has 1 rings (SSSR count). The number of hydrogen-bond donors (Lipinski definition) is 0. The van der Waals surface area contributed by atoms with Gasteiger partial charge in [0, 0.05) is 6.42 Å². The third-order valence-corrected chi connectivity index (χ3v) is 2.59. The summed E-state index contributed by atoms with van der Waals surface area (Å²) < 4.78 is 9.62. The molecule has 0 aliphatic heterocycles. The van der Waals surface area contributed by atoms with Crippen molar-refractivity contribution in [3.8, 4) is 0 Å². The van der Waals surface area contributed by atoms with E-state index in [0.717, 1.165) is 12.0 Å². The largest absolute Gasteiger partial charge is 0.469 e. The van der Waals surface area contributed by atoms with Crippen LogP contribution < -0.4 is 0 Å². The maximum absolute atomic E-state index is 11.4. The fourth-order valence-electron chi connectivity index (χ4n) is 1.53. The van der Waals surface area contributed by atoms with Gasteiger partial charge in [-0.2, -0.15) is 0 Å². The Bertz CT molecular complexity index is 386. The van der Waals surface area contributed by atoms with Gasteiger partial charge >= 0.3 is 11.9 Å². The summed E-state index contributed by atoms with van der Waals surface area (Å²) in [5.41, 5.74) is 0.981. The number of ether oxygens (including phenoxy) is 2. The first-order valence-corrected chi connectivity index (χ1v) is 6.33. The van der Waals surface area contributed by atoms with Crippen molar-refractivity contribution in [3.63, 3.8) is 0 Å². The predicted octanol–water partition coefficient (Wildman–Crippen LogP) is 2.67. The van der Waals surface area contributed by atoms with E-state index in [2.05, 4.69) is 4.74 Å². The first-order chi connectivity index (χ1) is 9.22. The highest BCUT2D eigenvalue weighted by Crippen LogP contribution is 2.06. The van der Waals surface area contributed by atoms with Crippen molar-refractivity contribution in [1.82, 2.24) is 0 Å². The van der Waals surface area contributed by atoms with Crippen LogP contribution in [0.5, 0.6) is 0 Å². The van der Waals surface area contributed by atoms with Crippen molar-refractivity contribution in [1.29, 1.82) is 0 Å². The average Bonchev–Trinajstić information content (AvgIpc) is 2.45. The monoisotopic (exact) mass is 263 g/mol. The molecular formula is C15H19O4. The topological polar surface area (TPSA) is 52.6 Å². The molecule has 1 aromatic rings. The van der Waals surface area contributed by atoms with Gasteiger partial charge < -0.3 is 9.47 Å². The first kappa shape index (κ1) is 15.2. The van der Waals surface area contributed by atoms with Crippen LogP contribution in [0.1, 0.15) is 31.2 Å². The Labute approximate surface area is 113 Å². The maximum atomic E-state index is 11.4. The van der Waals surface area contributed by atoms with Crippen molar-refractivity contribution in [2.45, 2.75) is 32.3 Å². The molecule has 0 aromatic heterocycles. The molecule has 0 atom stereocenters. The van der Waals surface area contributed by atoms with E-state index in [0.29, 0.717) is 25.9 Å². The molecule has 103 valence electrons. The zero-order valence-electron chi connectivity index (χ0n) is 11.1. The molecule has 0 unspecified atom stereocenters. The summed E-state index contributed by atoms with van der Waals surface area (Å²) in [6, 6.07) is 9.57. The Morgan fingerprint density at radius 2 is 1.89 bits per heavy atom. The molecule has 19 heavy (non-hydrogen) atoms. The predicted molar refractivity (Wildman–Crippen MR) is 71.0 cm³/mol. The maximum Gasteiger partial charge on any atom is 0.309 e. The molecule has 0 aliphatic rings. The number of carbonyl (C=O) groups is 2. The molecule has 0 aliphatic carbocycles. The number of carbonyl (C=O) groups excluding carboxylic acids is 2. The Hall–Kier alpha value is -1.84. The van der Waals surface area contributed by atoms with E-state index in [-0.39, 0.29) is 11.9 Å². The van der Waals surface area contributed by atoms with Gasteiger partial charge in [-0.3, -0.25) is 9.59 Å². The van der Waals surface area contributed by atoms with Crippen molar-refractivity contribution >= 4 is 11.9 Å². The van der Waals surface area contributed by atoms with Gasteiger partial charge in [-0.1, -0.05) is 36.8 Å². The lowest BCUT2D eigenvalue weighted by atomic mass is 10.1. The zero-order valence-corrected chi connectivity index (χ0v) is 11.1. The first-order valence-electron chi connectivity index (χ1n) is 6.33. The fraction of sp³-hybridized carbons (Fsp3) is 0.400. The number of rotatable bonds is 8. The minimum atomic E-state index is -0.327. The van der Waals surface area contributed by atoms with Crippen molar-refractivity contribution in [2.24, 2.45) is 0 Å². The molecule has 4 heteroatoms. The molecule has 1 radical (unpaired) electrons. The second-order valence-electron chi connectivity index (χ2n) is 4.12. The van der Waals surface area contributed by atoms with Crippen LogP contribution in [0.3, 0.4) is 0 Å². The molecule has 0 fully saturated rings. The minimum Gasteiger partial charge on any atom is -0.469 e. The van der Waals surface area contributed by atoms with Gasteiger partial charge in [0.1, 0.15) is 6.61 Å². The van der Waals surface area contributed by atoms with Crippen LogP contribution in [0.4, 0.5) is 0 Å². The summed E-state index contributed by atoms with van der Waals surface area (Å²) in [6.45, 7) is 0.313. The lowest BCUT2D eigenvalue weighted by molar-refractivity contribution is -0.145. The van der Waals surface area contributed by atoms with Gasteiger partial charge in [0.05, 0.1) is 13.5 Å². The van der Waals surface area contributed by atoms with Crippen LogP contribution in [0, 0.1) is 6.42 Å². The van der Waals surface area contributed by atoms with Gasteiger partial charge in [-0.05, 0) is 18.4 Å². The lowest BCUT2D eigenvalue weighted by Gasteiger charge is -2.04. The molecule has 0 spiro atoms. The highest BCUT2D eigenvalue weighted by atomic mass is 16.5. The summed E-state index contributed by atoms with van der Waals surface area (Å²) in [4.78, 5) is 22.2. The summed E-state index contributed by atoms with van der Waals surface area (Å²) in [7, 11) is 1.35. The molecule has 0 saturated carbocycles. The standard InChI is InChI=1S/C15H19O4/c1-18-14(16)10-6-3-7-11-15(17)19-12-13-8-4-2-5-9-13/h2,4-5,8-10H,3,6-7,11-12H2,1H3. The summed E-state index contributed by atoms with van der Waals surface area (Å²) in [5.74, 6) is -0.534. The normalized spacial score (nSPS) is 9.95. The number of hydrogen-bond acceptors (Lipinski definition) is 4. The SMILES string of the molecule is COC(=O)[CH]CCCCC(=O)OCc1ccccc1. The number of methoxy groups -OCH3 is 1. The van der Waals surface area contributed by atoms with Crippen molar-refractivity contribution < 1.29 is 19.1 Å². The number of benzene rings is 1. The molecule has 0 N–H and O–H groups in total. The molecule has 0 bridgehead atoms. The van der Waals surface area contributed by atoms with E-state index in [9.17, 15) is 9.59 Å². The van der Waals surface area contributed by atoms with Crippen LogP contribution in [-0.2, 0) is 25.7 Å². The molecule has 4 nitrogen and oxygen atoms in total. The van der Waals surface area contributed by atoms with E-state index in [4.69, 9.17) is 4.74 Å². The Morgan fingerprint density at radius 3 is 2.58 bits per heavy atom. The van der Waals surface area contributed by atoms with Crippen LogP contribution in [-0.4, -0.2) is 19.0 Å². The third kappa shape index (κ3) is 7.24. The van der Waals surface area contributed by atoms with Gasteiger partial charge in [0.25, 0.3) is 0 Å². The van der Waals surface area contributed by atoms with Crippen molar-refractivity contribution in [2.75, 3.05) is 7.11 Å². The fourth-order valence-corrected chi connectivity index (χ4v) is 1.53. The smallest absolute Gasteiger partial charge is 0.309 e. The molecule has 0 heterocycles. The summed E-state index contributed by atoms with van der Waals surface area (Å²) in [6.07, 6.45) is 3.96. The second kappa shape index (κ2) is 9.14. The van der Waals surface area contributed by atoms with E-state index < -0.39 is 0 Å². The Morgan fingerprint density at radius 1 is 1.16 bits per heavy atom. The van der Waals surface area contributed by atoms with E-state index in [1.54, 1.807) is 0 Å². The van der Waals surface area contributed by atoms with Crippen LogP contribution in [0.25, 0.3) is 0 Å². The van der Waals surface area contributed by atoms with Crippen LogP contribution in [0.2, 0.25) is 0 Å². The Kier molecular flexibility index (Phi) is 7.32. The molecule has 0 saturated heterocycles. The zero-order chi connectivity index (χ0) is 13.9. The molecular weight excluding hydrogens is 244 g/mol. The highest BCUT2D eigenvalue weighted by Gasteiger charge is 2.04. The van der Waals surface area contributed by atoms with Gasteiger partial charge in [0.2, 0.25) is 0 Å². The minimum absolute atomic E-state index is 0.207. The quantitative estimate of drug-likeness (QED) is 0.534. The van der Waals surface area contributed by atoms with Crippen LogP contribution >= 0.6 is 0 Å². The van der Waals surface area contributed by atoms with E-state index >= 15 is 0 Å². The average molecular weight is 263 g/mol. The molecule has 1 aromatic carbocycles. The van der Waals surface area contributed by atoms with Gasteiger partial charge in [0.15, 0.2) is 0 Å². The summed E-state index contributed by atoms with van der Waals surface area (Å²) >= 11 is 0. The Balaban J connectivity index is 2.04. The van der Waals surface area contributed by atoms with Crippen LogP contribution in [0.15, 0.2) is 30.3 Å². The van der Waals surface area contributed by atoms with Gasteiger partial charge in [-0.15, -0.1) is 0 Å². The summed E-state index contributed by atoms with van der Waals surface area (Å²) in [5, 5.41) is 0. The molecule has 0 amide bonds.